The monoisotopic (exact) mass is 433 g/mol. The molecule has 1 amide bonds. The number of carbonyl (C=O) groups is 1. The Morgan fingerprint density at radius 3 is 2.19 bits per heavy atom. The third-order valence-electron chi connectivity index (χ3n) is 4.54. The second kappa shape index (κ2) is 7.64. The van der Waals surface area contributed by atoms with Gasteiger partial charge in [0, 0.05) is 35.6 Å². The van der Waals surface area contributed by atoms with Gasteiger partial charge in [0.1, 0.15) is 5.60 Å². The van der Waals surface area contributed by atoms with Crippen LogP contribution >= 0.6 is 0 Å². The fourth-order valence-corrected chi connectivity index (χ4v) is 3.06. The number of alkyl halides is 3. The summed E-state index contributed by atoms with van der Waals surface area (Å²) < 4.78 is 46.1. The molecular weight excluding hydrogens is 411 g/mol. The van der Waals surface area contributed by atoms with E-state index in [1.54, 1.807) is 32.9 Å². The van der Waals surface area contributed by atoms with Crippen molar-refractivity contribution in [1.29, 1.82) is 0 Å². The molecule has 0 atom stereocenters. The van der Waals surface area contributed by atoms with Crippen molar-refractivity contribution in [3.05, 3.63) is 64.4 Å². The molecule has 0 spiro atoms. The van der Waals surface area contributed by atoms with Gasteiger partial charge in [-0.2, -0.15) is 13.2 Å². The fraction of sp³-hybridized carbons (Fsp3) is 0.273. The summed E-state index contributed by atoms with van der Waals surface area (Å²) in [6.07, 6.45) is -5.13. The highest BCUT2D eigenvalue weighted by atomic mass is 19.4. The summed E-state index contributed by atoms with van der Waals surface area (Å²) in [6, 6.07) is 10.4. The third kappa shape index (κ3) is 4.65. The predicted octanol–water partition coefficient (Wildman–Crippen LogP) is 4.96. The average Bonchev–Trinajstić information content (AvgIpc) is 2.65. The zero-order valence-electron chi connectivity index (χ0n) is 17.4. The molecule has 2 aromatic carbocycles. The van der Waals surface area contributed by atoms with Gasteiger partial charge in [-0.05, 0) is 57.2 Å². The number of halogens is 3. The molecule has 0 unspecified atom stereocenters. The maximum absolute atomic E-state index is 13.2. The molecule has 0 saturated carbocycles. The largest absolute Gasteiger partial charge is 0.443 e. The Morgan fingerprint density at radius 2 is 1.65 bits per heavy atom. The quantitative estimate of drug-likeness (QED) is 0.620. The van der Waals surface area contributed by atoms with Crippen LogP contribution in [-0.4, -0.2) is 23.3 Å². The van der Waals surface area contributed by atoms with Crippen molar-refractivity contribution >= 4 is 28.4 Å². The zero-order chi connectivity index (χ0) is 23.1. The molecule has 0 aliphatic heterocycles. The van der Waals surface area contributed by atoms with Gasteiger partial charge in [-0.1, -0.05) is 6.07 Å². The molecular formula is C22H22F3N3O3. The van der Waals surface area contributed by atoms with E-state index < -0.39 is 29.0 Å². The molecule has 0 radical (unpaired) electrons. The number of amides is 1. The summed E-state index contributed by atoms with van der Waals surface area (Å²) in [5, 5.41) is 0.322. The van der Waals surface area contributed by atoms with E-state index in [1.807, 2.05) is 0 Å². The molecule has 3 aromatic rings. The van der Waals surface area contributed by atoms with Crippen molar-refractivity contribution in [3.8, 4) is 5.69 Å². The van der Waals surface area contributed by atoms with E-state index in [2.05, 4.69) is 0 Å². The second-order valence-electron chi connectivity index (χ2n) is 8.06. The first-order chi connectivity index (χ1) is 14.3. The van der Waals surface area contributed by atoms with Crippen LogP contribution in [0.1, 0.15) is 26.3 Å². The standard InChI is InChI=1S/C22H22F3N3O3/c1-21(2,3)31-20(30)27(4)14-6-8-15(9-7-14)28-18-11-13(22(23,24)25)5-10-16(18)17(26)12-19(28)29/h5-12H,26H2,1-4H3. The van der Waals surface area contributed by atoms with Crippen molar-refractivity contribution in [2.45, 2.75) is 32.5 Å². The van der Waals surface area contributed by atoms with E-state index >= 15 is 0 Å². The molecule has 0 bridgehead atoms. The van der Waals surface area contributed by atoms with Crippen LogP contribution in [0.2, 0.25) is 0 Å². The lowest BCUT2D eigenvalue weighted by Gasteiger charge is -2.24. The minimum absolute atomic E-state index is 0.0353. The molecule has 164 valence electrons. The van der Waals surface area contributed by atoms with Crippen molar-refractivity contribution in [3.63, 3.8) is 0 Å². The lowest BCUT2D eigenvalue weighted by molar-refractivity contribution is -0.137. The highest BCUT2D eigenvalue weighted by Gasteiger charge is 2.31. The van der Waals surface area contributed by atoms with Gasteiger partial charge in [-0.25, -0.2) is 4.79 Å². The van der Waals surface area contributed by atoms with Gasteiger partial charge in [0.15, 0.2) is 0 Å². The molecule has 2 N–H and O–H groups in total. The van der Waals surface area contributed by atoms with Crippen LogP contribution in [0.25, 0.3) is 16.6 Å². The Labute approximate surface area is 176 Å². The first-order valence-corrected chi connectivity index (χ1v) is 9.37. The first kappa shape index (κ1) is 22.2. The number of fused-ring (bicyclic) bond motifs is 1. The number of rotatable bonds is 2. The van der Waals surface area contributed by atoms with Crippen LogP contribution in [-0.2, 0) is 10.9 Å². The number of hydrogen-bond acceptors (Lipinski definition) is 4. The van der Waals surface area contributed by atoms with E-state index in [0.717, 1.165) is 22.8 Å². The Kier molecular flexibility index (Phi) is 5.47. The number of ether oxygens (including phenoxy) is 1. The highest BCUT2D eigenvalue weighted by molar-refractivity contribution is 5.92. The van der Waals surface area contributed by atoms with Crippen LogP contribution in [0, 0.1) is 0 Å². The van der Waals surface area contributed by atoms with E-state index in [1.165, 1.54) is 30.1 Å². The lowest BCUT2D eigenvalue weighted by Crippen LogP contribution is -2.34. The molecule has 1 heterocycles. The Bertz CT molecular complexity index is 1190. The topological polar surface area (TPSA) is 77.6 Å². The summed E-state index contributed by atoms with van der Waals surface area (Å²) in [5.74, 6) is 0. The van der Waals surface area contributed by atoms with Gasteiger partial charge in [0.25, 0.3) is 5.56 Å². The van der Waals surface area contributed by atoms with Gasteiger partial charge < -0.3 is 10.5 Å². The predicted molar refractivity (Wildman–Crippen MR) is 114 cm³/mol. The van der Waals surface area contributed by atoms with Gasteiger partial charge in [-0.15, -0.1) is 0 Å². The van der Waals surface area contributed by atoms with Gasteiger partial charge in [-0.3, -0.25) is 14.3 Å². The number of hydrogen-bond donors (Lipinski definition) is 1. The summed E-state index contributed by atoms with van der Waals surface area (Å²) in [5.41, 5.74) is 4.67. The molecule has 6 nitrogen and oxygen atoms in total. The fourth-order valence-electron chi connectivity index (χ4n) is 3.06. The molecule has 0 aliphatic carbocycles. The number of anilines is 2. The number of pyridine rings is 1. The van der Waals surface area contributed by atoms with Crippen molar-refractivity contribution in [1.82, 2.24) is 4.57 Å². The Balaban J connectivity index is 2.08. The maximum Gasteiger partial charge on any atom is 0.416 e. The normalized spacial score (nSPS) is 12.1. The second-order valence-corrected chi connectivity index (χ2v) is 8.06. The average molecular weight is 433 g/mol. The van der Waals surface area contributed by atoms with Gasteiger partial charge >= 0.3 is 12.3 Å². The zero-order valence-corrected chi connectivity index (χ0v) is 17.4. The van der Waals surface area contributed by atoms with Crippen LogP contribution in [0.3, 0.4) is 0 Å². The lowest BCUT2D eigenvalue weighted by atomic mass is 10.1. The number of nitrogens with two attached hydrogens (primary N) is 1. The molecule has 0 saturated heterocycles. The number of aromatic nitrogens is 1. The van der Waals surface area contributed by atoms with Crippen LogP contribution in [0.4, 0.5) is 29.3 Å². The van der Waals surface area contributed by atoms with Crippen molar-refractivity contribution < 1.29 is 22.7 Å². The Morgan fingerprint density at radius 1 is 1.03 bits per heavy atom. The maximum atomic E-state index is 13.2. The minimum Gasteiger partial charge on any atom is -0.443 e. The summed E-state index contributed by atoms with van der Waals surface area (Å²) >= 11 is 0. The summed E-state index contributed by atoms with van der Waals surface area (Å²) in [7, 11) is 1.53. The van der Waals surface area contributed by atoms with Crippen LogP contribution < -0.4 is 16.2 Å². The number of carbonyl (C=O) groups excluding carboxylic acids is 1. The smallest absolute Gasteiger partial charge is 0.416 e. The first-order valence-electron chi connectivity index (χ1n) is 9.37. The number of nitrogens with zero attached hydrogens (tertiary/aromatic N) is 2. The van der Waals surface area contributed by atoms with E-state index in [0.29, 0.717) is 16.8 Å². The summed E-state index contributed by atoms with van der Waals surface area (Å²) in [4.78, 5) is 26.1. The van der Waals surface area contributed by atoms with E-state index in [4.69, 9.17) is 10.5 Å². The van der Waals surface area contributed by atoms with Gasteiger partial charge in [0.2, 0.25) is 0 Å². The minimum atomic E-state index is -4.57. The molecule has 0 aliphatic rings. The van der Waals surface area contributed by atoms with Gasteiger partial charge in [0.05, 0.1) is 11.1 Å². The highest BCUT2D eigenvalue weighted by Crippen LogP contribution is 2.33. The third-order valence-corrected chi connectivity index (χ3v) is 4.54. The molecule has 3 rings (SSSR count). The van der Waals surface area contributed by atoms with E-state index in [9.17, 15) is 22.8 Å². The SMILES string of the molecule is CN(C(=O)OC(C)(C)C)c1ccc(-n2c(=O)cc(N)c3ccc(C(F)(F)F)cc32)cc1. The molecule has 9 heteroatoms. The molecule has 0 fully saturated rings. The van der Waals surface area contributed by atoms with Crippen LogP contribution in [0.5, 0.6) is 0 Å². The molecule has 31 heavy (non-hydrogen) atoms. The van der Waals surface area contributed by atoms with E-state index in [-0.39, 0.29) is 11.2 Å². The number of nitrogen functional groups attached to an aromatic ring is 1. The van der Waals surface area contributed by atoms with Crippen molar-refractivity contribution in [2.24, 2.45) is 0 Å². The van der Waals surface area contributed by atoms with Crippen LogP contribution in [0.15, 0.2) is 53.3 Å². The Hall–Kier alpha value is -3.49. The number of benzene rings is 2. The van der Waals surface area contributed by atoms with Crippen molar-refractivity contribution in [2.75, 3.05) is 17.7 Å². The summed E-state index contributed by atoms with van der Waals surface area (Å²) in [6.45, 7) is 5.24. The molecule has 1 aromatic heterocycles.